The van der Waals surface area contributed by atoms with E-state index in [1.807, 2.05) is 23.6 Å². The van der Waals surface area contributed by atoms with Crippen LogP contribution in [0.4, 0.5) is 4.39 Å². The number of hydrogen-bond donors (Lipinski definition) is 1. The predicted molar refractivity (Wildman–Crippen MR) is 70.1 cm³/mol. The van der Waals surface area contributed by atoms with Crippen molar-refractivity contribution < 1.29 is 9.50 Å². The molecule has 3 aromatic rings. The van der Waals surface area contributed by atoms with Crippen molar-refractivity contribution in [3.05, 3.63) is 65.0 Å². The highest BCUT2D eigenvalue weighted by Gasteiger charge is 2.18. The van der Waals surface area contributed by atoms with Crippen molar-refractivity contribution in [1.29, 1.82) is 0 Å². The van der Waals surface area contributed by atoms with Gasteiger partial charge in [0.25, 0.3) is 0 Å². The zero-order valence-electron chi connectivity index (χ0n) is 9.38. The monoisotopic (exact) mass is 259 g/mol. The van der Waals surface area contributed by atoms with Crippen LogP contribution in [-0.4, -0.2) is 10.1 Å². The number of hydrogen-bond acceptors (Lipinski definition) is 3. The molecule has 90 valence electrons. The first-order valence-electron chi connectivity index (χ1n) is 5.52. The normalized spacial score (nSPS) is 12.8. The lowest BCUT2D eigenvalue weighted by Crippen LogP contribution is -2.05. The van der Waals surface area contributed by atoms with Gasteiger partial charge in [-0.2, -0.15) is 0 Å². The Morgan fingerprint density at radius 1 is 1.17 bits per heavy atom. The minimum absolute atomic E-state index is 0.0680. The quantitative estimate of drug-likeness (QED) is 0.764. The molecule has 0 bridgehead atoms. The highest BCUT2D eigenvalue weighted by molar-refractivity contribution is 7.17. The van der Waals surface area contributed by atoms with Crippen molar-refractivity contribution >= 4 is 21.4 Å². The van der Waals surface area contributed by atoms with Gasteiger partial charge in [0.15, 0.2) is 0 Å². The van der Waals surface area contributed by atoms with Crippen LogP contribution < -0.4 is 0 Å². The number of aliphatic hydroxyl groups is 1. The Kier molecular flexibility index (Phi) is 2.81. The van der Waals surface area contributed by atoms with Crippen molar-refractivity contribution in [3.8, 4) is 0 Å². The average molecular weight is 259 g/mol. The van der Waals surface area contributed by atoms with Gasteiger partial charge in [0.1, 0.15) is 17.6 Å². The molecule has 1 N–H and O–H groups in total. The van der Waals surface area contributed by atoms with Gasteiger partial charge in [-0.25, -0.2) is 4.39 Å². The molecule has 1 atom stereocenters. The van der Waals surface area contributed by atoms with Crippen LogP contribution in [0.3, 0.4) is 0 Å². The minimum atomic E-state index is -1.03. The molecule has 0 radical (unpaired) electrons. The second-order valence-electron chi connectivity index (χ2n) is 3.96. The number of thiophene rings is 1. The number of pyridine rings is 1. The molecule has 2 heterocycles. The molecule has 1 unspecified atom stereocenters. The number of aromatic nitrogens is 1. The van der Waals surface area contributed by atoms with Gasteiger partial charge < -0.3 is 5.11 Å². The molecule has 18 heavy (non-hydrogen) atoms. The Bertz CT molecular complexity index is 695. The number of nitrogens with zero attached hydrogens (tertiary/aromatic N) is 1. The number of aliphatic hydroxyl groups excluding tert-OH is 1. The van der Waals surface area contributed by atoms with Crippen molar-refractivity contribution in [2.75, 3.05) is 0 Å². The lowest BCUT2D eigenvalue weighted by molar-refractivity contribution is 0.211. The SMILES string of the molecule is OC(c1ncccc1F)c1cccc2ccsc12. The second kappa shape index (κ2) is 4.48. The van der Waals surface area contributed by atoms with Crippen LogP contribution in [0.15, 0.2) is 48.0 Å². The number of rotatable bonds is 2. The summed E-state index contributed by atoms with van der Waals surface area (Å²) in [5.41, 5.74) is 0.763. The molecule has 0 aliphatic carbocycles. The highest BCUT2D eigenvalue weighted by Crippen LogP contribution is 2.32. The summed E-state index contributed by atoms with van der Waals surface area (Å²) in [6.45, 7) is 0. The minimum Gasteiger partial charge on any atom is -0.382 e. The van der Waals surface area contributed by atoms with E-state index in [1.165, 1.54) is 29.7 Å². The first kappa shape index (κ1) is 11.3. The Hall–Kier alpha value is -1.78. The van der Waals surface area contributed by atoms with Gasteiger partial charge in [0, 0.05) is 16.5 Å². The van der Waals surface area contributed by atoms with Crippen LogP contribution in [0.25, 0.3) is 10.1 Å². The largest absolute Gasteiger partial charge is 0.382 e. The number of fused-ring (bicyclic) bond motifs is 1. The maximum Gasteiger partial charge on any atom is 0.147 e. The summed E-state index contributed by atoms with van der Waals surface area (Å²) in [5, 5.41) is 13.3. The maximum atomic E-state index is 13.6. The van der Waals surface area contributed by atoms with Crippen LogP contribution in [0.2, 0.25) is 0 Å². The van der Waals surface area contributed by atoms with E-state index in [-0.39, 0.29) is 5.69 Å². The van der Waals surface area contributed by atoms with Gasteiger partial charge in [-0.05, 0) is 29.0 Å². The van der Waals surface area contributed by atoms with E-state index in [1.54, 1.807) is 6.07 Å². The van der Waals surface area contributed by atoms with Crippen molar-refractivity contribution in [2.24, 2.45) is 0 Å². The smallest absolute Gasteiger partial charge is 0.147 e. The predicted octanol–water partition coefficient (Wildman–Crippen LogP) is 3.52. The second-order valence-corrected chi connectivity index (χ2v) is 4.88. The third-order valence-electron chi connectivity index (χ3n) is 2.85. The summed E-state index contributed by atoms with van der Waals surface area (Å²) in [7, 11) is 0. The van der Waals surface area contributed by atoms with E-state index in [9.17, 15) is 9.50 Å². The molecule has 2 nitrogen and oxygen atoms in total. The molecule has 1 aromatic carbocycles. The van der Waals surface area contributed by atoms with Crippen LogP contribution >= 0.6 is 11.3 Å². The van der Waals surface area contributed by atoms with Gasteiger partial charge in [-0.1, -0.05) is 18.2 Å². The molecule has 0 aliphatic rings. The molecular weight excluding hydrogens is 249 g/mol. The Labute approximate surface area is 107 Å². The third kappa shape index (κ3) is 1.79. The van der Waals surface area contributed by atoms with Gasteiger partial charge in [-0.15, -0.1) is 11.3 Å². The summed E-state index contributed by atoms with van der Waals surface area (Å²) in [6.07, 6.45) is 0.449. The third-order valence-corrected chi connectivity index (χ3v) is 3.83. The highest BCUT2D eigenvalue weighted by atomic mass is 32.1. The molecule has 0 spiro atoms. The maximum absolute atomic E-state index is 13.6. The van der Waals surface area contributed by atoms with Crippen molar-refractivity contribution in [3.63, 3.8) is 0 Å². The summed E-state index contributed by atoms with van der Waals surface area (Å²) >= 11 is 1.53. The fourth-order valence-electron chi connectivity index (χ4n) is 1.98. The van der Waals surface area contributed by atoms with Gasteiger partial charge in [-0.3, -0.25) is 4.98 Å². The summed E-state index contributed by atoms with van der Waals surface area (Å²) in [6, 6.07) is 10.4. The average Bonchev–Trinajstić information content (AvgIpc) is 2.86. The Balaban J connectivity index is 2.15. The van der Waals surface area contributed by atoms with E-state index in [2.05, 4.69) is 4.98 Å². The molecular formula is C14H10FNOS. The Morgan fingerprint density at radius 2 is 2.06 bits per heavy atom. The Morgan fingerprint density at radius 3 is 2.89 bits per heavy atom. The molecule has 0 saturated heterocycles. The fourth-order valence-corrected chi connectivity index (χ4v) is 2.92. The summed E-state index contributed by atoms with van der Waals surface area (Å²) in [4.78, 5) is 3.93. The molecule has 0 saturated carbocycles. The van der Waals surface area contributed by atoms with Crippen LogP contribution in [0.5, 0.6) is 0 Å². The molecule has 0 amide bonds. The van der Waals surface area contributed by atoms with E-state index in [0.717, 1.165) is 10.1 Å². The van der Waals surface area contributed by atoms with Crippen LogP contribution in [0, 0.1) is 5.82 Å². The molecule has 0 aliphatic heterocycles. The summed E-state index contributed by atoms with van der Waals surface area (Å²) in [5.74, 6) is -0.487. The van der Waals surface area contributed by atoms with Crippen molar-refractivity contribution in [2.45, 2.75) is 6.10 Å². The zero-order chi connectivity index (χ0) is 12.5. The first-order valence-corrected chi connectivity index (χ1v) is 6.40. The molecule has 2 aromatic heterocycles. The summed E-state index contributed by atoms with van der Waals surface area (Å²) < 4.78 is 14.6. The van der Waals surface area contributed by atoms with E-state index in [0.29, 0.717) is 5.56 Å². The topological polar surface area (TPSA) is 33.1 Å². The van der Waals surface area contributed by atoms with Gasteiger partial charge >= 0.3 is 0 Å². The van der Waals surface area contributed by atoms with Gasteiger partial charge in [0.2, 0.25) is 0 Å². The van der Waals surface area contributed by atoms with Crippen LogP contribution in [-0.2, 0) is 0 Å². The molecule has 3 rings (SSSR count). The van der Waals surface area contributed by atoms with Crippen molar-refractivity contribution in [1.82, 2.24) is 4.98 Å². The fraction of sp³-hybridized carbons (Fsp3) is 0.0714. The van der Waals surface area contributed by atoms with E-state index >= 15 is 0 Å². The van der Waals surface area contributed by atoms with E-state index < -0.39 is 11.9 Å². The lowest BCUT2D eigenvalue weighted by Gasteiger charge is -2.12. The van der Waals surface area contributed by atoms with Crippen LogP contribution in [0.1, 0.15) is 17.4 Å². The molecule has 4 heteroatoms. The number of benzene rings is 1. The van der Waals surface area contributed by atoms with E-state index in [4.69, 9.17) is 0 Å². The molecule has 0 fully saturated rings. The zero-order valence-corrected chi connectivity index (χ0v) is 10.2. The van der Waals surface area contributed by atoms with Gasteiger partial charge in [0.05, 0.1) is 0 Å². The number of halogens is 1. The lowest BCUT2D eigenvalue weighted by atomic mass is 10.0. The first-order chi connectivity index (χ1) is 8.77. The standard InChI is InChI=1S/C14H10FNOS/c15-11-5-2-7-16-12(11)13(17)10-4-1-3-9-6-8-18-14(9)10/h1-8,13,17H.